The standard InChI is InChI=1S/C17H19BrN2O2/c1-19(11-21)9-13(22)10-20-16-5-3-2-4-14(16)15-8-12(18)6-7-17(15)20/h2-8,13,21-22H,9-11H2,1H3. The van der Waals surface area contributed by atoms with Crippen molar-refractivity contribution in [3.05, 3.63) is 46.9 Å². The van der Waals surface area contributed by atoms with Gasteiger partial charge in [-0.2, -0.15) is 0 Å². The van der Waals surface area contributed by atoms with E-state index in [-0.39, 0.29) is 6.73 Å². The molecule has 0 aliphatic rings. The van der Waals surface area contributed by atoms with E-state index in [0.717, 1.165) is 15.5 Å². The van der Waals surface area contributed by atoms with Crippen molar-refractivity contribution in [3.8, 4) is 0 Å². The first-order valence-corrected chi connectivity index (χ1v) is 8.03. The van der Waals surface area contributed by atoms with Crippen LogP contribution in [0.1, 0.15) is 0 Å². The quantitative estimate of drug-likeness (QED) is 0.686. The lowest BCUT2D eigenvalue weighted by Gasteiger charge is -2.19. The second kappa shape index (κ2) is 6.38. The van der Waals surface area contributed by atoms with E-state index < -0.39 is 6.10 Å². The molecule has 0 aliphatic heterocycles. The summed E-state index contributed by atoms with van der Waals surface area (Å²) in [4.78, 5) is 1.69. The molecular formula is C17H19BrN2O2. The van der Waals surface area contributed by atoms with E-state index in [0.29, 0.717) is 13.1 Å². The van der Waals surface area contributed by atoms with Crippen LogP contribution >= 0.6 is 15.9 Å². The van der Waals surface area contributed by atoms with Crippen molar-refractivity contribution < 1.29 is 10.2 Å². The maximum Gasteiger partial charge on any atom is 0.0954 e. The molecule has 0 fully saturated rings. The zero-order chi connectivity index (χ0) is 15.7. The van der Waals surface area contributed by atoms with Gasteiger partial charge in [0.15, 0.2) is 0 Å². The van der Waals surface area contributed by atoms with Crippen LogP contribution in [-0.4, -0.2) is 46.1 Å². The second-order valence-electron chi connectivity index (χ2n) is 5.62. The summed E-state index contributed by atoms with van der Waals surface area (Å²) >= 11 is 3.53. The maximum atomic E-state index is 10.3. The molecule has 1 aromatic heterocycles. The average molecular weight is 363 g/mol. The summed E-state index contributed by atoms with van der Waals surface area (Å²) < 4.78 is 3.19. The number of fused-ring (bicyclic) bond motifs is 3. The number of aliphatic hydroxyl groups excluding tert-OH is 2. The number of aromatic nitrogens is 1. The first kappa shape index (κ1) is 15.5. The van der Waals surface area contributed by atoms with Crippen LogP contribution in [0.3, 0.4) is 0 Å². The molecule has 0 amide bonds. The number of rotatable bonds is 5. The maximum absolute atomic E-state index is 10.3. The zero-order valence-electron chi connectivity index (χ0n) is 12.4. The molecule has 3 rings (SSSR count). The molecular weight excluding hydrogens is 344 g/mol. The van der Waals surface area contributed by atoms with Gasteiger partial charge in [-0.1, -0.05) is 34.1 Å². The highest BCUT2D eigenvalue weighted by Gasteiger charge is 2.14. The lowest BCUT2D eigenvalue weighted by atomic mass is 10.2. The third-order valence-corrected chi connectivity index (χ3v) is 4.38. The molecule has 1 heterocycles. The molecule has 1 atom stereocenters. The minimum atomic E-state index is -0.542. The molecule has 0 saturated carbocycles. The summed E-state index contributed by atoms with van der Waals surface area (Å²) in [6.07, 6.45) is -0.542. The van der Waals surface area contributed by atoms with Gasteiger partial charge in [-0.05, 0) is 31.3 Å². The molecule has 4 nitrogen and oxygen atoms in total. The summed E-state index contributed by atoms with van der Waals surface area (Å²) in [6.45, 7) is 0.869. The predicted octanol–water partition coefficient (Wildman–Crippen LogP) is 2.80. The third kappa shape index (κ3) is 2.90. The molecule has 0 saturated heterocycles. The van der Waals surface area contributed by atoms with Crippen molar-refractivity contribution in [2.45, 2.75) is 12.6 Å². The van der Waals surface area contributed by atoms with Crippen LogP contribution in [0.5, 0.6) is 0 Å². The predicted molar refractivity (Wildman–Crippen MR) is 92.9 cm³/mol. The molecule has 22 heavy (non-hydrogen) atoms. The zero-order valence-corrected chi connectivity index (χ0v) is 14.0. The first-order chi connectivity index (χ1) is 10.6. The van der Waals surface area contributed by atoms with E-state index in [2.05, 4.69) is 44.8 Å². The number of hydrogen-bond donors (Lipinski definition) is 2. The van der Waals surface area contributed by atoms with E-state index in [1.165, 1.54) is 10.8 Å². The highest BCUT2D eigenvalue weighted by atomic mass is 79.9. The summed E-state index contributed by atoms with van der Waals surface area (Å²) in [5.41, 5.74) is 2.22. The lowest BCUT2D eigenvalue weighted by molar-refractivity contribution is 0.0630. The number of nitrogens with zero attached hydrogens (tertiary/aromatic N) is 2. The molecule has 2 aromatic carbocycles. The Kier molecular flexibility index (Phi) is 4.49. The first-order valence-electron chi connectivity index (χ1n) is 7.24. The van der Waals surface area contributed by atoms with Gasteiger partial charge >= 0.3 is 0 Å². The van der Waals surface area contributed by atoms with Gasteiger partial charge in [0.25, 0.3) is 0 Å². The van der Waals surface area contributed by atoms with Crippen molar-refractivity contribution >= 4 is 37.7 Å². The Morgan fingerprint density at radius 3 is 2.64 bits per heavy atom. The largest absolute Gasteiger partial charge is 0.390 e. The van der Waals surface area contributed by atoms with Crippen LogP contribution in [-0.2, 0) is 6.54 Å². The number of aliphatic hydroxyl groups is 2. The molecule has 116 valence electrons. The molecule has 0 aliphatic carbocycles. The van der Waals surface area contributed by atoms with Crippen molar-refractivity contribution in [3.63, 3.8) is 0 Å². The van der Waals surface area contributed by atoms with Gasteiger partial charge in [-0.15, -0.1) is 0 Å². The van der Waals surface area contributed by atoms with Crippen LogP contribution in [0.25, 0.3) is 21.8 Å². The fraction of sp³-hybridized carbons (Fsp3) is 0.294. The smallest absolute Gasteiger partial charge is 0.0954 e. The Balaban J connectivity index is 2.07. The van der Waals surface area contributed by atoms with E-state index in [9.17, 15) is 5.11 Å². The van der Waals surface area contributed by atoms with Crippen LogP contribution in [0.4, 0.5) is 0 Å². The fourth-order valence-corrected chi connectivity index (χ4v) is 3.27. The van der Waals surface area contributed by atoms with Gasteiger partial charge in [0.2, 0.25) is 0 Å². The van der Waals surface area contributed by atoms with E-state index in [1.807, 2.05) is 18.2 Å². The van der Waals surface area contributed by atoms with Crippen molar-refractivity contribution in [2.24, 2.45) is 0 Å². The minimum Gasteiger partial charge on any atom is -0.390 e. The Bertz CT molecular complexity index is 800. The molecule has 5 heteroatoms. The Labute approximate surface area is 137 Å². The van der Waals surface area contributed by atoms with Gasteiger partial charge < -0.3 is 14.8 Å². The second-order valence-corrected chi connectivity index (χ2v) is 6.54. The molecule has 3 aromatic rings. The van der Waals surface area contributed by atoms with Crippen LogP contribution < -0.4 is 0 Å². The number of para-hydroxylation sites is 1. The molecule has 1 unspecified atom stereocenters. The number of likely N-dealkylation sites (N-methyl/N-ethyl adjacent to an activating group) is 1. The summed E-state index contributed by atoms with van der Waals surface area (Å²) in [6, 6.07) is 14.4. The Morgan fingerprint density at radius 2 is 1.86 bits per heavy atom. The van der Waals surface area contributed by atoms with Gasteiger partial charge in [-0.25, -0.2) is 0 Å². The fourth-order valence-electron chi connectivity index (χ4n) is 2.91. The number of benzene rings is 2. The Hall–Kier alpha value is -1.40. The highest BCUT2D eigenvalue weighted by molar-refractivity contribution is 9.10. The molecule has 2 N–H and O–H groups in total. The van der Waals surface area contributed by atoms with Gasteiger partial charge in [0.05, 0.1) is 19.4 Å². The van der Waals surface area contributed by atoms with Gasteiger partial charge in [-0.3, -0.25) is 4.90 Å². The SMILES string of the molecule is CN(CO)CC(O)Cn1c2ccccc2c2cc(Br)ccc21. The van der Waals surface area contributed by atoms with Crippen molar-refractivity contribution in [1.29, 1.82) is 0 Å². The third-order valence-electron chi connectivity index (χ3n) is 3.89. The average Bonchev–Trinajstić information content (AvgIpc) is 2.81. The van der Waals surface area contributed by atoms with E-state index >= 15 is 0 Å². The monoisotopic (exact) mass is 362 g/mol. The van der Waals surface area contributed by atoms with Crippen LogP contribution in [0, 0.1) is 0 Å². The molecule has 0 bridgehead atoms. The number of halogens is 1. The van der Waals surface area contributed by atoms with Crippen molar-refractivity contribution in [2.75, 3.05) is 20.3 Å². The van der Waals surface area contributed by atoms with E-state index in [1.54, 1.807) is 11.9 Å². The normalized spacial score (nSPS) is 13.3. The topological polar surface area (TPSA) is 48.6 Å². The summed E-state index contributed by atoms with van der Waals surface area (Å²) in [7, 11) is 1.78. The van der Waals surface area contributed by atoms with Crippen LogP contribution in [0.15, 0.2) is 46.9 Å². The minimum absolute atomic E-state index is 0.0584. The summed E-state index contributed by atoms with van der Waals surface area (Å²) in [5.74, 6) is 0. The van der Waals surface area contributed by atoms with Crippen LogP contribution in [0.2, 0.25) is 0 Å². The molecule has 0 radical (unpaired) electrons. The highest BCUT2D eigenvalue weighted by Crippen LogP contribution is 2.31. The van der Waals surface area contributed by atoms with Crippen molar-refractivity contribution in [1.82, 2.24) is 9.47 Å². The number of hydrogen-bond acceptors (Lipinski definition) is 3. The van der Waals surface area contributed by atoms with Gasteiger partial charge in [0.1, 0.15) is 0 Å². The Morgan fingerprint density at radius 1 is 1.14 bits per heavy atom. The lowest BCUT2D eigenvalue weighted by Crippen LogP contribution is -2.32. The van der Waals surface area contributed by atoms with Gasteiger partial charge in [0, 0.05) is 32.8 Å². The van der Waals surface area contributed by atoms with E-state index in [4.69, 9.17) is 5.11 Å². The summed E-state index contributed by atoms with van der Waals surface area (Å²) in [5, 5.41) is 21.8. The molecule has 0 spiro atoms.